The van der Waals surface area contributed by atoms with E-state index in [4.69, 9.17) is 5.73 Å². The number of benzene rings is 1. The number of sulfone groups is 1. The van der Waals surface area contributed by atoms with Crippen molar-refractivity contribution >= 4 is 27.5 Å². The summed E-state index contributed by atoms with van der Waals surface area (Å²) in [5.41, 5.74) is 5.74. The summed E-state index contributed by atoms with van der Waals surface area (Å²) >= 11 is 1.78. The highest BCUT2D eigenvalue weighted by molar-refractivity contribution is 8.01. The van der Waals surface area contributed by atoms with Gasteiger partial charge in [0, 0.05) is 22.4 Å². The summed E-state index contributed by atoms with van der Waals surface area (Å²) in [6.07, 6.45) is 3.42. The number of hydrogen-bond acceptors (Lipinski definition) is 5. The molecule has 0 aromatic heterocycles. The molecule has 22 heavy (non-hydrogen) atoms. The van der Waals surface area contributed by atoms with Crippen LogP contribution in [0.2, 0.25) is 0 Å². The zero-order valence-corrected chi connectivity index (χ0v) is 14.3. The summed E-state index contributed by atoms with van der Waals surface area (Å²) < 4.78 is 22.3. The van der Waals surface area contributed by atoms with Gasteiger partial charge < -0.3 is 11.1 Å². The Bertz CT molecular complexity index is 613. The average Bonchev–Trinajstić information content (AvgIpc) is 3.22. The third kappa shape index (κ3) is 5.62. The van der Waals surface area contributed by atoms with Crippen LogP contribution in [-0.4, -0.2) is 43.7 Å². The lowest BCUT2D eigenvalue weighted by atomic mass is 10.2. The fraction of sp³-hybridized carbons (Fsp3) is 0.533. The highest BCUT2D eigenvalue weighted by atomic mass is 32.2. The third-order valence-corrected chi connectivity index (χ3v) is 6.08. The van der Waals surface area contributed by atoms with Gasteiger partial charge in [-0.1, -0.05) is 18.2 Å². The Labute approximate surface area is 136 Å². The molecule has 0 radical (unpaired) electrons. The predicted molar refractivity (Wildman–Crippen MR) is 89.6 cm³/mol. The Hall–Kier alpha value is -1.05. The quantitative estimate of drug-likeness (QED) is 0.741. The van der Waals surface area contributed by atoms with Crippen LogP contribution in [0.5, 0.6) is 0 Å². The molecule has 5 nitrogen and oxygen atoms in total. The van der Waals surface area contributed by atoms with Gasteiger partial charge in [0.05, 0.1) is 11.8 Å². The van der Waals surface area contributed by atoms with Crippen molar-refractivity contribution in [3.05, 3.63) is 30.3 Å². The summed E-state index contributed by atoms with van der Waals surface area (Å²) in [5, 5.41) is 2.86. The summed E-state index contributed by atoms with van der Waals surface area (Å²) in [6.45, 7) is 0.567. The van der Waals surface area contributed by atoms with Gasteiger partial charge in [-0.3, -0.25) is 4.79 Å². The van der Waals surface area contributed by atoms with Crippen molar-refractivity contribution in [1.82, 2.24) is 5.32 Å². The Morgan fingerprint density at radius 1 is 1.36 bits per heavy atom. The SMILES string of the molecule is CS(=O)(=O)CCC(N)C(=O)NCC1(Sc2ccccc2)CC1. The molecule has 1 aromatic carbocycles. The number of thioether (sulfide) groups is 1. The van der Waals surface area contributed by atoms with Crippen LogP contribution in [0.4, 0.5) is 0 Å². The molecule has 0 heterocycles. The van der Waals surface area contributed by atoms with Crippen LogP contribution in [0.15, 0.2) is 35.2 Å². The van der Waals surface area contributed by atoms with E-state index < -0.39 is 15.9 Å². The maximum Gasteiger partial charge on any atom is 0.236 e. The molecule has 1 aliphatic rings. The van der Waals surface area contributed by atoms with Crippen LogP contribution >= 0.6 is 11.8 Å². The van der Waals surface area contributed by atoms with Crippen molar-refractivity contribution < 1.29 is 13.2 Å². The number of nitrogens with one attached hydrogen (secondary N) is 1. The van der Waals surface area contributed by atoms with Gasteiger partial charge in [-0.15, -0.1) is 11.8 Å². The van der Waals surface area contributed by atoms with Crippen LogP contribution in [0.1, 0.15) is 19.3 Å². The van der Waals surface area contributed by atoms with Gasteiger partial charge in [-0.2, -0.15) is 0 Å². The summed E-state index contributed by atoms with van der Waals surface area (Å²) in [7, 11) is -3.09. The number of nitrogens with two attached hydrogens (primary N) is 1. The molecule has 0 aliphatic heterocycles. The topological polar surface area (TPSA) is 89.3 Å². The van der Waals surface area contributed by atoms with Crippen LogP contribution in [0, 0.1) is 0 Å². The van der Waals surface area contributed by atoms with E-state index in [1.807, 2.05) is 18.2 Å². The Morgan fingerprint density at radius 2 is 2.00 bits per heavy atom. The van der Waals surface area contributed by atoms with Crippen LogP contribution in [0.3, 0.4) is 0 Å². The van der Waals surface area contributed by atoms with Crippen molar-refractivity contribution in [2.24, 2.45) is 5.73 Å². The minimum absolute atomic E-state index is 0.0631. The minimum Gasteiger partial charge on any atom is -0.353 e. The summed E-state index contributed by atoms with van der Waals surface area (Å²) in [6, 6.07) is 9.32. The van der Waals surface area contributed by atoms with E-state index in [-0.39, 0.29) is 22.8 Å². The first-order valence-corrected chi connectivity index (χ1v) is 10.1. The highest BCUT2D eigenvalue weighted by Crippen LogP contribution is 2.51. The first kappa shape index (κ1) is 17.3. The van der Waals surface area contributed by atoms with Crippen LogP contribution in [-0.2, 0) is 14.6 Å². The Kier molecular flexibility index (Phi) is 5.52. The molecule has 1 fully saturated rings. The molecule has 2 rings (SSSR count). The second-order valence-corrected chi connectivity index (χ2v) is 9.64. The molecule has 3 N–H and O–H groups in total. The highest BCUT2D eigenvalue weighted by Gasteiger charge is 2.44. The molecule has 1 saturated carbocycles. The lowest BCUT2D eigenvalue weighted by molar-refractivity contribution is -0.122. The summed E-state index contributed by atoms with van der Waals surface area (Å²) in [5.74, 6) is -0.338. The maximum atomic E-state index is 11.9. The molecule has 7 heteroatoms. The second kappa shape index (κ2) is 7.02. The van der Waals surface area contributed by atoms with E-state index in [0.29, 0.717) is 6.54 Å². The predicted octanol–water partition coefficient (Wildman–Crippen LogP) is 1.19. The van der Waals surface area contributed by atoms with Crippen molar-refractivity contribution in [3.8, 4) is 0 Å². The number of hydrogen-bond donors (Lipinski definition) is 2. The number of carbonyl (C=O) groups excluding carboxylic acids is 1. The van der Waals surface area contributed by atoms with Gasteiger partial charge in [-0.05, 0) is 31.4 Å². The number of amides is 1. The molecule has 0 bridgehead atoms. The van der Waals surface area contributed by atoms with E-state index >= 15 is 0 Å². The lowest BCUT2D eigenvalue weighted by Gasteiger charge is -2.18. The number of carbonyl (C=O) groups is 1. The second-order valence-electron chi connectivity index (χ2n) is 5.84. The van der Waals surface area contributed by atoms with E-state index in [1.54, 1.807) is 11.8 Å². The first-order chi connectivity index (χ1) is 10.3. The van der Waals surface area contributed by atoms with Crippen molar-refractivity contribution in [2.75, 3.05) is 18.6 Å². The minimum atomic E-state index is -3.09. The molecule has 0 saturated heterocycles. The van der Waals surface area contributed by atoms with Gasteiger partial charge in [0.2, 0.25) is 5.91 Å². The maximum absolute atomic E-state index is 11.9. The van der Waals surface area contributed by atoms with Gasteiger partial charge >= 0.3 is 0 Å². The van der Waals surface area contributed by atoms with Crippen LogP contribution < -0.4 is 11.1 Å². The zero-order valence-electron chi connectivity index (χ0n) is 12.6. The van der Waals surface area contributed by atoms with E-state index in [1.165, 1.54) is 4.90 Å². The molecule has 122 valence electrons. The van der Waals surface area contributed by atoms with Crippen LogP contribution in [0.25, 0.3) is 0 Å². The van der Waals surface area contributed by atoms with E-state index in [9.17, 15) is 13.2 Å². The molecular weight excluding hydrogens is 320 g/mol. The van der Waals surface area contributed by atoms with E-state index in [0.717, 1.165) is 19.1 Å². The molecular formula is C15H22N2O3S2. The van der Waals surface area contributed by atoms with Gasteiger partial charge in [-0.25, -0.2) is 8.42 Å². The molecule has 1 amide bonds. The van der Waals surface area contributed by atoms with Gasteiger partial charge in [0.1, 0.15) is 9.84 Å². The fourth-order valence-corrected chi connectivity index (χ4v) is 3.97. The van der Waals surface area contributed by atoms with E-state index in [2.05, 4.69) is 17.4 Å². The third-order valence-electron chi connectivity index (χ3n) is 3.61. The van der Waals surface area contributed by atoms with Gasteiger partial charge in [0.15, 0.2) is 0 Å². The Balaban J connectivity index is 1.78. The summed E-state index contributed by atoms with van der Waals surface area (Å²) in [4.78, 5) is 13.1. The average molecular weight is 342 g/mol. The number of rotatable bonds is 8. The lowest BCUT2D eigenvalue weighted by Crippen LogP contribution is -2.44. The normalized spacial score (nSPS) is 17.7. The van der Waals surface area contributed by atoms with Crippen molar-refractivity contribution in [2.45, 2.75) is 34.9 Å². The largest absolute Gasteiger partial charge is 0.353 e. The van der Waals surface area contributed by atoms with Crippen molar-refractivity contribution in [1.29, 1.82) is 0 Å². The molecule has 1 atom stereocenters. The molecule has 0 spiro atoms. The fourth-order valence-electron chi connectivity index (χ4n) is 2.04. The van der Waals surface area contributed by atoms with Crippen molar-refractivity contribution in [3.63, 3.8) is 0 Å². The standard InChI is InChI=1S/C15H22N2O3S2/c1-22(19,20)10-7-13(16)14(18)17-11-15(8-9-15)21-12-5-3-2-4-6-12/h2-6,13H,7-11,16H2,1H3,(H,17,18). The van der Waals surface area contributed by atoms with Gasteiger partial charge in [0.25, 0.3) is 0 Å². The first-order valence-electron chi connectivity index (χ1n) is 7.25. The molecule has 1 aromatic rings. The zero-order chi connectivity index (χ0) is 16.2. The smallest absolute Gasteiger partial charge is 0.236 e. The monoisotopic (exact) mass is 342 g/mol. The Morgan fingerprint density at radius 3 is 2.55 bits per heavy atom. The molecule has 1 unspecified atom stereocenters. The molecule has 1 aliphatic carbocycles.